The van der Waals surface area contributed by atoms with E-state index in [0.717, 1.165) is 11.5 Å². The zero-order valence-corrected chi connectivity index (χ0v) is 11.6. The molecule has 0 aliphatic carbocycles. The maximum Gasteiger partial charge on any atom is 0.253 e. The van der Waals surface area contributed by atoms with Crippen LogP contribution < -0.4 is 14.8 Å². The van der Waals surface area contributed by atoms with Crippen molar-refractivity contribution < 1.29 is 9.47 Å². The molecule has 0 amide bonds. The average Bonchev–Trinajstić information content (AvgIpc) is 2.41. The molecule has 0 heterocycles. The fourth-order valence-electron chi connectivity index (χ4n) is 1.58. The Balaban J connectivity index is 0.00000180. The van der Waals surface area contributed by atoms with Crippen LogP contribution in [0, 0.1) is 0 Å². The van der Waals surface area contributed by atoms with Crippen molar-refractivity contribution in [2.24, 2.45) is 0 Å². The highest BCUT2D eigenvalue weighted by Gasteiger charge is 2.10. The van der Waals surface area contributed by atoms with Crippen LogP contribution in [0.2, 0.25) is 0 Å². The van der Waals surface area contributed by atoms with Gasteiger partial charge >= 0.3 is 0 Å². The monoisotopic (exact) mass is 279 g/mol. The molecule has 0 aromatic heterocycles. The van der Waals surface area contributed by atoms with Gasteiger partial charge in [0.2, 0.25) is 0 Å². The van der Waals surface area contributed by atoms with Gasteiger partial charge in [0, 0.05) is 0 Å². The summed E-state index contributed by atoms with van der Waals surface area (Å²) in [5.74, 6) is 1.60. The molecule has 102 valence electrons. The Labute approximate surface area is 120 Å². The first-order valence-electron chi connectivity index (χ1n) is 5.96. The molecule has 0 saturated heterocycles. The van der Waals surface area contributed by atoms with Gasteiger partial charge in [0.05, 0.1) is 6.54 Å². The van der Waals surface area contributed by atoms with E-state index in [-0.39, 0.29) is 18.7 Å². The van der Waals surface area contributed by atoms with Crippen LogP contribution in [-0.2, 0) is 0 Å². The lowest BCUT2D eigenvalue weighted by Crippen LogP contribution is -2.34. The maximum atomic E-state index is 5.77. The normalized spacial score (nSPS) is 9.79. The van der Waals surface area contributed by atoms with Gasteiger partial charge in [0.15, 0.2) is 0 Å². The summed E-state index contributed by atoms with van der Waals surface area (Å²) in [6.07, 6.45) is -0.347. The van der Waals surface area contributed by atoms with Crippen LogP contribution >= 0.6 is 12.4 Å². The number of para-hydroxylation sites is 2. The first kappa shape index (κ1) is 15.3. The molecule has 0 atom stereocenters. The van der Waals surface area contributed by atoms with E-state index in [1.165, 1.54) is 0 Å². The molecule has 0 spiro atoms. The standard InChI is InChI=1S/C15H17NO2.ClH/c1-16-12-15(17-13-8-4-2-5-9-13)18-14-10-6-3-7-11-14;/h2-11,15-16H,12H2,1H3;1H. The van der Waals surface area contributed by atoms with Crippen LogP contribution in [0.15, 0.2) is 60.7 Å². The molecule has 0 aliphatic rings. The van der Waals surface area contributed by atoms with E-state index in [0.29, 0.717) is 6.54 Å². The third kappa shape index (κ3) is 5.20. The Morgan fingerprint density at radius 1 is 0.842 bits per heavy atom. The molecule has 2 aromatic carbocycles. The van der Waals surface area contributed by atoms with Crippen LogP contribution in [0.5, 0.6) is 11.5 Å². The van der Waals surface area contributed by atoms with Gasteiger partial charge in [-0.25, -0.2) is 0 Å². The van der Waals surface area contributed by atoms with Crippen molar-refractivity contribution >= 4 is 12.4 Å². The number of hydrogen-bond donors (Lipinski definition) is 1. The topological polar surface area (TPSA) is 30.5 Å². The van der Waals surface area contributed by atoms with E-state index in [1.807, 2.05) is 67.7 Å². The predicted molar refractivity (Wildman–Crippen MR) is 79.1 cm³/mol. The molecule has 19 heavy (non-hydrogen) atoms. The van der Waals surface area contributed by atoms with Crippen molar-refractivity contribution in [3.05, 3.63) is 60.7 Å². The van der Waals surface area contributed by atoms with Crippen LogP contribution in [0.1, 0.15) is 0 Å². The summed E-state index contributed by atoms with van der Waals surface area (Å²) in [5.41, 5.74) is 0. The average molecular weight is 280 g/mol. The van der Waals surface area contributed by atoms with E-state index in [1.54, 1.807) is 0 Å². The Bertz CT molecular complexity index is 409. The van der Waals surface area contributed by atoms with Gasteiger partial charge in [0.1, 0.15) is 11.5 Å². The summed E-state index contributed by atoms with van der Waals surface area (Å²) in [4.78, 5) is 0. The van der Waals surface area contributed by atoms with Crippen molar-refractivity contribution in [3.8, 4) is 11.5 Å². The summed E-state index contributed by atoms with van der Waals surface area (Å²) in [6, 6.07) is 19.3. The minimum Gasteiger partial charge on any atom is -0.454 e. The molecule has 0 bridgehead atoms. The smallest absolute Gasteiger partial charge is 0.253 e. The molecule has 2 rings (SSSR count). The summed E-state index contributed by atoms with van der Waals surface area (Å²) in [5, 5.41) is 3.06. The summed E-state index contributed by atoms with van der Waals surface area (Å²) in [7, 11) is 1.87. The molecule has 3 nitrogen and oxygen atoms in total. The number of halogens is 1. The van der Waals surface area contributed by atoms with Crippen molar-refractivity contribution in [1.82, 2.24) is 5.32 Å². The molecule has 0 radical (unpaired) electrons. The zero-order valence-electron chi connectivity index (χ0n) is 10.8. The van der Waals surface area contributed by atoms with E-state index >= 15 is 0 Å². The van der Waals surface area contributed by atoms with Gasteiger partial charge in [-0.3, -0.25) is 0 Å². The molecule has 0 unspecified atom stereocenters. The van der Waals surface area contributed by atoms with Crippen LogP contribution in [-0.4, -0.2) is 19.9 Å². The van der Waals surface area contributed by atoms with Crippen molar-refractivity contribution in [2.45, 2.75) is 6.29 Å². The molecule has 4 heteroatoms. The summed E-state index contributed by atoms with van der Waals surface area (Å²) >= 11 is 0. The second-order valence-electron chi connectivity index (χ2n) is 3.85. The van der Waals surface area contributed by atoms with Crippen LogP contribution in [0.4, 0.5) is 0 Å². The van der Waals surface area contributed by atoms with Gasteiger partial charge in [0.25, 0.3) is 6.29 Å². The first-order valence-corrected chi connectivity index (χ1v) is 5.96. The molecular formula is C15H18ClNO2. The SMILES string of the molecule is CNCC(Oc1ccccc1)Oc1ccccc1.Cl. The van der Waals surface area contributed by atoms with Gasteiger partial charge in [-0.05, 0) is 31.3 Å². The quantitative estimate of drug-likeness (QED) is 0.824. The number of nitrogens with one attached hydrogen (secondary N) is 1. The van der Waals surface area contributed by atoms with E-state index in [4.69, 9.17) is 9.47 Å². The summed E-state index contributed by atoms with van der Waals surface area (Å²) < 4.78 is 11.5. The zero-order chi connectivity index (χ0) is 12.6. The molecule has 2 aromatic rings. The van der Waals surface area contributed by atoms with Crippen molar-refractivity contribution in [1.29, 1.82) is 0 Å². The Kier molecular flexibility index (Phi) is 6.79. The third-order valence-corrected chi connectivity index (χ3v) is 2.39. The number of hydrogen-bond acceptors (Lipinski definition) is 3. The van der Waals surface area contributed by atoms with Crippen LogP contribution in [0.3, 0.4) is 0 Å². The number of benzene rings is 2. The number of ether oxygens (including phenoxy) is 2. The highest BCUT2D eigenvalue weighted by atomic mass is 35.5. The van der Waals surface area contributed by atoms with Crippen LogP contribution in [0.25, 0.3) is 0 Å². The molecule has 0 aliphatic heterocycles. The van der Waals surface area contributed by atoms with Crippen molar-refractivity contribution in [3.63, 3.8) is 0 Å². The molecule has 1 N–H and O–H groups in total. The Morgan fingerprint density at radius 3 is 1.63 bits per heavy atom. The van der Waals surface area contributed by atoms with Gasteiger partial charge in [-0.2, -0.15) is 0 Å². The maximum absolute atomic E-state index is 5.77. The predicted octanol–water partition coefficient (Wildman–Crippen LogP) is 3.11. The summed E-state index contributed by atoms with van der Waals surface area (Å²) in [6.45, 7) is 0.615. The second-order valence-corrected chi connectivity index (χ2v) is 3.85. The fraction of sp³-hybridized carbons (Fsp3) is 0.200. The minimum absolute atomic E-state index is 0. The lowest BCUT2D eigenvalue weighted by molar-refractivity contribution is 0.00844. The largest absolute Gasteiger partial charge is 0.454 e. The van der Waals surface area contributed by atoms with Gasteiger partial charge < -0.3 is 14.8 Å². The van der Waals surface area contributed by atoms with E-state index in [9.17, 15) is 0 Å². The van der Waals surface area contributed by atoms with Crippen molar-refractivity contribution in [2.75, 3.05) is 13.6 Å². The Hall–Kier alpha value is -1.71. The highest BCUT2D eigenvalue weighted by Crippen LogP contribution is 2.15. The third-order valence-electron chi connectivity index (χ3n) is 2.39. The molecular weight excluding hydrogens is 262 g/mol. The fourth-order valence-corrected chi connectivity index (χ4v) is 1.58. The minimum atomic E-state index is -0.347. The van der Waals surface area contributed by atoms with Gasteiger partial charge in [-0.1, -0.05) is 36.4 Å². The van der Waals surface area contributed by atoms with Gasteiger partial charge in [-0.15, -0.1) is 12.4 Å². The molecule has 0 saturated carbocycles. The lowest BCUT2D eigenvalue weighted by atomic mass is 10.3. The highest BCUT2D eigenvalue weighted by molar-refractivity contribution is 5.85. The van der Waals surface area contributed by atoms with E-state index in [2.05, 4.69) is 5.32 Å². The number of likely N-dealkylation sites (N-methyl/N-ethyl adjacent to an activating group) is 1. The first-order chi connectivity index (χ1) is 8.88. The number of rotatable bonds is 6. The molecule has 0 fully saturated rings. The second kappa shape index (κ2) is 8.40. The Morgan fingerprint density at radius 2 is 1.26 bits per heavy atom. The lowest BCUT2D eigenvalue weighted by Gasteiger charge is -2.20. The van der Waals surface area contributed by atoms with E-state index < -0.39 is 0 Å².